The molecule has 0 spiro atoms. The van der Waals surface area contributed by atoms with Crippen LogP contribution in [0.1, 0.15) is 16.8 Å². The van der Waals surface area contributed by atoms with Crippen LogP contribution < -0.4 is 16.0 Å². The molecule has 2 aromatic heterocycles. The lowest BCUT2D eigenvalue weighted by Crippen LogP contribution is -2.52. The average molecular weight is 389 g/mol. The molecule has 1 aromatic carbocycles. The van der Waals surface area contributed by atoms with Crippen LogP contribution in [0.15, 0.2) is 36.8 Å². The van der Waals surface area contributed by atoms with Crippen molar-refractivity contribution in [2.45, 2.75) is 12.0 Å². The summed E-state index contributed by atoms with van der Waals surface area (Å²) in [6.07, 6.45) is 4.03. The molecule has 0 aliphatic carbocycles. The molecule has 4 N–H and O–H groups in total. The van der Waals surface area contributed by atoms with Gasteiger partial charge in [-0.05, 0) is 30.7 Å². The highest BCUT2D eigenvalue weighted by Crippen LogP contribution is 2.28. The Morgan fingerprint density at radius 3 is 3.07 bits per heavy atom. The van der Waals surface area contributed by atoms with Gasteiger partial charge >= 0.3 is 0 Å². The van der Waals surface area contributed by atoms with E-state index in [-0.39, 0.29) is 23.0 Å². The largest absolute Gasteiger partial charge is 0.354 e. The number of nitrogens with zero attached hydrogens (tertiary/aromatic N) is 3. The standard InChI is InChI=1S/C18H18ClFN6O/c19-14-7-11(20)1-2-12(14)17(27)23-8-18(21)4-6-26(9-18)16-13-3-5-22-15(13)24-10-25-16/h1-3,5,7,10H,4,6,8-9,21H2,(H,23,27)(H,22,24,25)/t18-/m0/s1. The minimum absolute atomic E-state index is 0.0717. The fraction of sp³-hybridized carbons (Fsp3) is 0.278. The molecule has 140 valence electrons. The van der Waals surface area contributed by atoms with Crippen molar-refractivity contribution in [3.05, 3.63) is 53.2 Å². The van der Waals surface area contributed by atoms with Gasteiger partial charge in [0.15, 0.2) is 0 Å². The lowest BCUT2D eigenvalue weighted by Gasteiger charge is -2.25. The smallest absolute Gasteiger partial charge is 0.252 e. The van der Waals surface area contributed by atoms with E-state index >= 15 is 0 Å². The fourth-order valence-corrected chi connectivity index (χ4v) is 3.61. The van der Waals surface area contributed by atoms with Gasteiger partial charge in [0.1, 0.15) is 23.6 Å². The number of fused-ring (bicyclic) bond motifs is 1. The molecule has 0 bridgehead atoms. The average Bonchev–Trinajstić information content (AvgIpc) is 3.26. The first-order valence-electron chi connectivity index (χ1n) is 8.50. The molecule has 4 rings (SSSR count). The number of H-pyrrole nitrogens is 1. The van der Waals surface area contributed by atoms with Gasteiger partial charge in [0, 0.05) is 25.8 Å². The zero-order chi connectivity index (χ0) is 19.0. The Kier molecular flexibility index (Phi) is 4.45. The normalized spacial score (nSPS) is 19.6. The van der Waals surface area contributed by atoms with E-state index in [0.717, 1.165) is 29.5 Å². The van der Waals surface area contributed by atoms with Crippen LogP contribution in [-0.2, 0) is 0 Å². The Hall–Kier alpha value is -2.71. The second-order valence-electron chi connectivity index (χ2n) is 6.78. The third kappa shape index (κ3) is 3.45. The van der Waals surface area contributed by atoms with Gasteiger partial charge in [0.2, 0.25) is 0 Å². The summed E-state index contributed by atoms with van der Waals surface area (Å²) >= 11 is 5.94. The van der Waals surface area contributed by atoms with Crippen molar-refractivity contribution in [2.24, 2.45) is 5.73 Å². The number of aromatic nitrogens is 3. The first kappa shape index (κ1) is 17.7. The van der Waals surface area contributed by atoms with Gasteiger partial charge in [-0.15, -0.1) is 0 Å². The molecule has 1 amide bonds. The molecule has 0 saturated carbocycles. The molecule has 1 saturated heterocycles. The number of halogens is 2. The molecule has 1 aliphatic heterocycles. The Morgan fingerprint density at radius 1 is 1.41 bits per heavy atom. The van der Waals surface area contributed by atoms with Crippen LogP contribution in [0.5, 0.6) is 0 Å². The van der Waals surface area contributed by atoms with Gasteiger partial charge < -0.3 is 20.9 Å². The highest BCUT2D eigenvalue weighted by atomic mass is 35.5. The summed E-state index contributed by atoms with van der Waals surface area (Å²) < 4.78 is 13.1. The van der Waals surface area contributed by atoms with Gasteiger partial charge in [-0.1, -0.05) is 11.6 Å². The summed E-state index contributed by atoms with van der Waals surface area (Å²) in [6.45, 7) is 1.54. The Balaban J connectivity index is 1.44. The van der Waals surface area contributed by atoms with Gasteiger partial charge in [-0.25, -0.2) is 14.4 Å². The molecular formula is C18H18ClFN6O. The zero-order valence-electron chi connectivity index (χ0n) is 14.4. The molecule has 7 nitrogen and oxygen atoms in total. The second-order valence-corrected chi connectivity index (χ2v) is 7.19. The van der Waals surface area contributed by atoms with Crippen molar-refractivity contribution in [1.29, 1.82) is 0 Å². The SMILES string of the molecule is N[C@]1(CNC(=O)c2ccc(F)cc2Cl)CCN(c2ncnc3[nH]ccc23)C1. The number of hydrogen-bond donors (Lipinski definition) is 3. The van der Waals surface area contributed by atoms with E-state index in [9.17, 15) is 9.18 Å². The van der Waals surface area contributed by atoms with E-state index in [1.54, 1.807) is 0 Å². The molecule has 3 heterocycles. The number of amides is 1. The Bertz CT molecular complexity index is 1010. The van der Waals surface area contributed by atoms with E-state index in [2.05, 4.69) is 25.2 Å². The third-order valence-corrected chi connectivity index (χ3v) is 5.11. The number of benzene rings is 1. The van der Waals surface area contributed by atoms with Crippen LogP contribution in [0.25, 0.3) is 11.0 Å². The first-order chi connectivity index (χ1) is 13.0. The Labute approximate surface area is 159 Å². The molecule has 0 radical (unpaired) electrons. The second kappa shape index (κ2) is 6.79. The van der Waals surface area contributed by atoms with E-state index in [0.29, 0.717) is 13.0 Å². The number of carbonyl (C=O) groups is 1. The Morgan fingerprint density at radius 2 is 2.26 bits per heavy atom. The summed E-state index contributed by atoms with van der Waals surface area (Å²) in [6, 6.07) is 5.61. The van der Waals surface area contributed by atoms with E-state index < -0.39 is 11.4 Å². The molecule has 27 heavy (non-hydrogen) atoms. The van der Waals surface area contributed by atoms with Crippen LogP contribution in [0.2, 0.25) is 5.02 Å². The highest BCUT2D eigenvalue weighted by Gasteiger charge is 2.36. The maximum atomic E-state index is 13.1. The monoisotopic (exact) mass is 388 g/mol. The molecular weight excluding hydrogens is 371 g/mol. The van der Waals surface area contributed by atoms with Crippen molar-refractivity contribution < 1.29 is 9.18 Å². The number of nitrogens with two attached hydrogens (primary N) is 1. The van der Waals surface area contributed by atoms with Crippen LogP contribution in [0, 0.1) is 5.82 Å². The molecule has 3 aromatic rings. The molecule has 0 unspecified atom stereocenters. The maximum absolute atomic E-state index is 13.1. The minimum atomic E-state index is -0.601. The zero-order valence-corrected chi connectivity index (χ0v) is 15.1. The van der Waals surface area contributed by atoms with Crippen molar-refractivity contribution in [2.75, 3.05) is 24.5 Å². The van der Waals surface area contributed by atoms with E-state index in [1.165, 1.54) is 18.5 Å². The van der Waals surface area contributed by atoms with Crippen LogP contribution in [0.3, 0.4) is 0 Å². The lowest BCUT2D eigenvalue weighted by molar-refractivity contribution is 0.0945. The fourth-order valence-electron chi connectivity index (χ4n) is 3.36. The molecule has 1 fully saturated rings. The molecule has 1 aliphatic rings. The summed E-state index contributed by atoms with van der Waals surface area (Å²) in [4.78, 5) is 26.1. The highest BCUT2D eigenvalue weighted by molar-refractivity contribution is 6.33. The predicted molar refractivity (Wildman–Crippen MR) is 101 cm³/mol. The number of carbonyl (C=O) groups excluding carboxylic acids is 1. The summed E-state index contributed by atoms with van der Waals surface area (Å²) in [5, 5.41) is 3.82. The summed E-state index contributed by atoms with van der Waals surface area (Å²) in [5.41, 5.74) is 6.89. The summed E-state index contributed by atoms with van der Waals surface area (Å²) in [7, 11) is 0. The quantitative estimate of drug-likeness (QED) is 0.635. The van der Waals surface area contributed by atoms with Crippen LogP contribution in [0.4, 0.5) is 10.2 Å². The molecule has 1 atom stereocenters. The maximum Gasteiger partial charge on any atom is 0.252 e. The summed E-state index contributed by atoms with van der Waals surface area (Å²) in [5.74, 6) is -0.0426. The number of nitrogens with one attached hydrogen (secondary N) is 2. The van der Waals surface area contributed by atoms with Crippen LogP contribution >= 0.6 is 11.6 Å². The lowest BCUT2D eigenvalue weighted by atomic mass is 10.00. The predicted octanol–water partition coefficient (Wildman–Crippen LogP) is 2.09. The van der Waals surface area contributed by atoms with Crippen LogP contribution in [-0.4, -0.2) is 46.0 Å². The van der Waals surface area contributed by atoms with Crippen molar-refractivity contribution in [1.82, 2.24) is 20.3 Å². The minimum Gasteiger partial charge on any atom is -0.354 e. The topological polar surface area (TPSA) is 99.9 Å². The van der Waals surface area contributed by atoms with Crippen molar-refractivity contribution in [3.8, 4) is 0 Å². The number of rotatable bonds is 4. The number of hydrogen-bond acceptors (Lipinski definition) is 5. The third-order valence-electron chi connectivity index (χ3n) is 4.79. The van der Waals surface area contributed by atoms with E-state index in [4.69, 9.17) is 17.3 Å². The van der Waals surface area contributed by atoms with Gasteiger partial charge in [0.25, 0.3) is 5.91 Å². The van der Waals surface area contributed by atoms with Gasteiger partial charge in [-0.2, -0.15) is 0 Å². The van der Waals surface area contributed by atoms with Crippen molar-refractivity contribution >= 4 is 34.4 Å². The number of aromatic amines is 1. The van der Waals surface area contributed by atoms with Gasteiger partial charge in [-0.3, -0.25) is 4.79 Å². The van der Waals surface area contributed by atoms with E-state index in [1.807, 2.05) is 12.3 Å². The first-order valence-corrected chi connectivity index (χ1v) is 8.88. The molecule has 9 heteroatoms. The number of anilines is 1. The van der Waals surface area contributed by atoms with Gasteiger partial charge in [0.05, 0.1) is 21.5 Å². The van der Waals surface area contributed by atoms with Crippen molar-refractivity contribution in [3.63, 3.8) is 0 Å².